The van der Waals surface area contributed by atoms with Crippen molar-refractivity contribution >= 4 is 41.1 Å². The number of unbranched alkanes of at least 4 members (excludes halogenated alkanes) is 1. The predicted molar refractivity (Wildman–Crippen MR) is 228 cm³/mol. The Labute approximate surface area is 357 Å². The van der Waals surface area contributed by atoms with Crippen LogP contribution >= 0.6 is 11.3 Å². The van der Waals surface area contributed by atoms with Crippen molar-refractivity contribution in [2.24, 2.45) is 11.1 Å². The molecule has 0 saturated carbocycles. The van der Waals surface area contributed by atoms with E-state index in [4.69, 9.17) is 20.0 Å². The maximum atomic E-state index is 14.0. The molecule has 0 bridgehead atoms. The number of benzene rings is 2. The zero-order valence-electron chi connectivity index (χ0n) is 36.0. The van der Waals surface area contributed by atoms with Gasteiger partial charge in [0, 0.05) is 25.8 Å². The van der Waals surface area contributed by atoms with Gasteiger partial charge in [0.25, 0.3) is 5.91 Å². The van der Waals surface area contributed by atoms with E-state index in [0.29, 0.717) is 18.6 Å². The van der Waals surface area contributed by atoms with Crippen LogP contribution in [0.5, 0.6) is 5.75 Å². The van der Waals surface area contributed by atoms with Crippen LogP contribution in [0.4, 0.5) is 4.79 Å². The molecular weight excluding hydrogens is 789 g/mol. The Balaban J connectivity index is 1.23. The Kier molecular flexibility index (Phi) is 17.0. The number of aliphatic hydroxyl groups is 1. The second-order valence-corrected chi connectivity index (χ2v) is 18.3. The number of β-amino-alcohol motifs (C(OH)–C–C–N with tert-alkyl or cyclic N) is 1. The van der Waals surface area contributed by atoms with Crippen molar-refractivity contribution in [2.75, 3.05) is 6.54 Å². The number of ether oxygens (including phenoxy) is 2. The van der Waals surface area contributed by atoms with Crippen molar-refractivity contribution < 1.29 is 43.4 Å². The van der Waals surface area contributed by atoms with Crippen molar-refractivity contribution in [3.8, 4) is 16.2 Å². The largest absolute Gasteiger partial charge is 0.444 e. The van der Waals surface area contributed by atoms with Crippen LogP contribution in [0.3, 0.4) is 0 Å². The highest BCUT2D eigenvalue weighted by molar-refractivity contribution is 7.13. The van der Waals surface area contributed by atoms with Gasteiger partial charge in [0.15, 0.2) is 5.75 Å². The molecule has 16 heteroatoms. The highest BCUT2D eigenvalue weighted by atomic mass is 32.1. The number of nitrogens with one attached hydrogen (secondary N) is 3. The average molecular weight is 851 g/mol. The summed E-state index contributed by atoms with van der Waals surface area (Å²) in [5.74, 6) is -1.37. The number of hydroxylamine groups is 1. The lowest BCUT2D eigenvalue weighted by atomic mass is 9.85. The Morgan fingerprint density at radius 3 is 2.22 bits per heavy atom. The minimum absolute atomic E-state index is 0.0364. The molecule has 15 nitrogen and oxygen atoms in total. The fourth-order valence-electron chi connectivity index (χ4n) is 6.73. The lowest BCUT2D eigenvalue weighted by Gasteiger charge is -2.35. The first-order chi connectivity index (χ1) is 28.2. The smallest absolute Gasteiger partial charge is 0.407 e. The van der Waals surface area contributed by atoms with Crippen LogP contribution in [0.2, 0.25) is 0 Å². The first-order valence-corrected chi connectivity index (χ1v) is 21.3. The maximum Gasteiger partial charge on any atom is 0.407 e. The molecule has 5 atom stereocenters. The van der Waals surface area contributed by atoms with Crippen LogP contribution in [0, 0.1) is 12.3 Å². The van der Waals surface area contributed by atoms with Gasteiger partial charge >= 0.3 is 6.09 Å². The number of hydrogen-bond acceptors (Lipinski definition) is 11. The number of carbonyl (C=O) groups is 5. The Bertz CT molecular complexity index is 1910. The number of carbonyl (C=O) groups excluding carboxylic acids is 5. The molecule has 1 saturated heterocycles. The van der Waals surface area contributed by atoms with Crippen LogP contribution in [0.1, 0.15) is 104 Å². The summed E-state index contributed by atoms with van der Waals surface area (Å²) < 4.78 is 11.4. The van der Waals surface area contributed by atoms with Gasteiger partial charge in [0.05, 0.1) is 40.9 Å². The van der Waals surface area contributed by atoms with Gasteiger partial charge in [-0.1, -0.05) is 45.0 Å². The van der Waals surface area contributed by atoms with Crippen molar-refractivity contribution in [1.29, 1.82) is 0 Å². The van der Waals surface area contributed by atoms with Crippen LogP contribution in [0.25, 0.3) is 10.4 Å². The van der Waals surface area contributed by atoms with E-state index in [1.165, 1.54) is 16.2 Å². The van der Waals surface area contributed by atoms with Gasteiger partial charge in [-0.2, -0.15) is 5.48 Å². The van der Waals surface area contributed by atoms with E-state index in [1.54, 1.807) is 38.4 Å². The Morgan fingerprint density at radius 2 is 1.62 bits per heavy atom. The first kappa shape index (κ1) is 47.6. The van der Waals surface area contributed by atoms with Crippen molar-refractivity contribution in [3.63, 3.8) is 0 Å². The molecule has 2 aromatic carbocycles. The molecule has 5 amide bonds. The number of likely N-dealkylation sites (tertiary alicyclic amines) is 1. The molecule has 328 valence electrons. The first-order valence-electron chi connectivity index (χ1n) is 20.4. The SMILES string of the molecule is Cc1ncsc1-c1ccc(ONC(=O)[C@@H]2C[C@@H](O)CN2C(=O)[C@@H](NC(=O)CCCCc2ccc(CO[C@H](C)[C@H](CCC(N)=O)NC(=O)OC(C)(C)C)cc2)C(C)(C)C)cc1. The van der Waals surface area contributed by atoms with Gasteiger partial charge < -0.3 is 40.7 Å². The van der Waals surface area contributed by atoms with E-state index in [0.717, 1.165) is 40.1 Å². The number of nitrogens with zero attached hydrogens (tertiary/aromatic N) is 2. The summed E-state index contributed by atoms with van der Waals surface area (Å²) in [6, 6.07) is 12.7. The second-order valence-electron chi connectivity index (χ2n) is 17.4. The fourth-order valence-corrected chi connectivity index (χ4v) is 7.54. The molecular formula is C44H62N6O9S. The maximum absolute atomic E-state index is 14.0. The number of primary amides is 1. The van der Waals surface area contributed by atoms with E-state index >= 15 is 0 Å². The number of rotatable bonds is 19. The van der Waals surface area contributed by atoms with Gasteiger partial charge in [-0.25, -0.2) is 9.78 Å². The molecule has 1 aromatic heterocycles. The summed E-state index contributed by atoms with van der Waals surface area (Å²) in [7, 11) is 0. The molecule has 0 spiro atoms. The Morgan fingerprint density at radius 1 is 0.950 bits per heavy atom. The molecule has 1 aliphatic rings. The standard InChI is InChI=1S/C44H62N6O9S/c1-27-38(60-26-46-27)31-17-19-33(20-18-31)59-49-40(54)35-23-32(51)24-50(35)41(55)39(43(3,4)5)48-37(53)12-10-9-11-29-13-15-30(16-14-29)25-57-28(2)34(21-22-36(45)52)47-42(56)58-44(6,7)8/h13-20,26,28,32,34-35,39,51H,9-12,21-25H2,1-8H3,(H2,45,52)(H,47,56)(H,48,53)(H,49,54)/t28-,32-,34+,35+,39-/m1/s1. The van der Waals surface area contributed by atoms with Crippen LogP contribution in [-0.4, -0.2) is 87.2 Å². The molecule has 6 N–H and O–H groups in total. The number of amides is 5. The van der Waals surface area contributed by atoms with E-state index in [-0.39, 0.29) is 38.3 Å². The number of thiazole rings is 1. The van der Waals surface area contributed by atoms with Crippen LogP contribution < -0.4 is 26.7 Å². The number of aliphatic hydroxyl groups excluding tert-OH is 1. The van der Waals surface area contributed by atoms with E-state index < -0.39 is 65.2 Å². The molecule has 60 heavy (non-hydrogen) atoms. The number of hydrogen-bond donors (Lipinski definition) is 5. The quantitative estimate of drug-likeness (QED) is 0.0756. The number of aryl methyl sites for hydroxylation is 2. The zero-order chi connectivity index (χ0) is 44.2. The average Bonchev–Trinajstić information content (AvgIpc) is 3.79. The van der Waals surface area contributed by atoms with Gasteiger partial charge in [0.1, 0.15) is 17.7 Å². The molecule has 0 unspecified atom stereocenters. The predicted octanol–water partition coefficient (Wildman–Crippen LogP) is 5.50. The van der Waals surface area contributed by atoms with Gasteiger partial charge in [0.2, 0.25) is 17.7 Å². The summed E-state index contributed by atoms with van der Waals surface area (Å²) in [6.45, 7) is 14.8. The summed E-state index contributed by atoms with van der Waals surface area (Å²) in [4.78, 5) is 76.5. The minimum atomic E-state index is -0.985. The lowest BCUT2D eigenvalue weighted by molar-refractivity contribution is -0.145. The summed E-state index contributed by atoms with van der Waals surface area (Å²) in [6.07, 6.45) is 0.780. The topological polar surface area (TPSA) is 212 Å². The molecule has 0 radical (unpaired) electrons. The molecule has 0 aliphatic carbocycles. The van der Waals surface area contributed by atoms with Crippen LogP contribution in [0.15, 0.2) is 54.0 Å². The number of alkyl carbamates (subject to hydrolysis) is 1. The Hall–Kier alpha value is -5.06. The highest BCUT2D eigenvalue weighted by Gasteiger charge is 2.44. The number of aromatic nitrogens is 1. The van der Waals surface area contributed by atoms with Crippen molar-refractivity contribution in [3.05, 3.63) is 70.9 Å². The van der Waals surface area contributed by atoms with Gasteiger partial charge in [-0.3, -0.25) is 19.2 Å². The zero-order valence-corrected chi connectivity index (χ0v) is 36.9. The third-order valence-corrected chi connectivity index (χ3v) is 11.0. The normalized spacial score (nSPS) is 17.0. The fraction of sp³-hybridized carbons (Fsp3) is 0.545. The lowest BCUT2D eigenvalue weighted by Crippen LogP contribution is -2.58. The molecule has 4 rings (SSSR count). The van der Waals surface area contributed by atoms with E-state index in [2.05, 4.69) is 21.1 Å². The molecule has 1 aliphatic heterocycles. The second kappa shape index (κ2) is 21.5. The van der Waals surface area contributed by atoms with Gasteiger partial charge in [-0.15, -0.1) is 11.3 Å². The van der Waals surface area contributed by atoms with Gasteiger partial charge in [-0.05, 0) is 107 Å². The molecule has 2 heterocycles. The summed E-state index contributed by atoms with van der Waals surface area (Å²) in [5.41, 5.74) is 12.1. The van der Waals surface area contributed by atoms with Crippen molar-refractivity contribution in [1.82, 2.24) is 26.0 Å². The molecule has 1 fully saturated rings. The number of nitrogens with two attached hydrogens (primary N) is 1. The van der Waals surface area contributed by atoms with E-state index in [9.17, 15) is 29.1 Å². The van der Waals surface area contributed by atoms with Crippen LogP contribution in [-0.2, 0) is 41.7 Å². The minimum Gasteiger partial charge on any atom is -0.444 e. The third kappa shape index (κ3) is 14.9. The van der Waals surface area contributed by atoms with E-state index in [1.807, 2.05) is 71.0 Å². The summed E-state index contributed by atoms with van der Waals surface area (Å²) >= 11 is 1.53. The highest BCUT2D eigenvalue weighted by Crippen LogP contribution is 2.29. The van der Waals surface area contributed by atoms with Crippen molar-refractivity contribution in [2.45, 2.75) is 143 Å². The third-order valence-electron chi connectivity index (χ3n) is 10.0. The molecule has 3 aromatic rings. The summed E-state index contributed by atoms with van der Waals surface area (Å²) in [5, 5.41) is 16.2. The monoisotopic (exact) mass is 850 g/mol.